The average molecular weight is 274 g/mol. The summed E-state index contributed by atoms with van der Waals surface area (Å²) in [5.41, 5.74) is 0.810. The van der Waals surface area contributed by atoms with Gasteiger partial charge in [-0.3, -0.25) is 0 Å². The van der Waals surface area contributed by atoms with Gasteiger partial charge in [-0.25, -0.2) is 8.42 Å². The standard InChI is InChI=1S/C12H16ClNO2S/c1-3-14(4-2)17(15,16)10-9-11-5-7-12(13)8-6-11/h5-10H,3-4H2,1-2H3/b10-9-. The molecule has 0 atom stereocenters. The van der Waals surface area contributed by atoms with E-state index in [0.717, 1.165) is 5.56 Å². The van der Waals surface area contributed by atoms with Gasteiger partial charge in [0, 0.05) is 23.5 Å². The van der Waals surface area contributed by atoms with Gasteiger partial charge in [-0.15, -0.1) is 0 Å². The molecule has 17 heavy (non-hydrogen) atoms. The Morgan fingerprint density at radius 3 is 2.18 bits per heavy atom. The van der Waals surface area contributed by atoms with Gasteiger partial charge in [0.2, 0.25) is 10.0 Å². The van der Waals surface area contributed by atoms with Crippen molar-refractivity contribution >= 4 is 27.7 Å². The van der Waals surface area contributed by atoms with Crippen molar-refractivity contribution in [2.45, 2.75) is 13.8 Å². The maximum Gasteiger partial charge on any atom is 0.236 e. The van der Waals surface area contributed by atoms with E-state index in [-0.39, 0.29) is 0 Å². The summed E-state index contributed by atoms with van der Waals surface area (Å²) >= 11 is 5.75. The number of nitrogens with zero attached hydrogens (tertiary/aromatic N) is 1. The normalized spacial score (nSPS) is 12.5. The van der Waals surface area contributed by atoms with E-state index >= 15 is 0 Å². The van der Waals surface area contributed by atoms with Crippen LogP contribution < -0.4 is 0 Å². The third-order valence-electron chi connectivity index (χ3n) is 2.37. The van der Waals surface area contributed by atoms with Crippen LogP contribution in [-0.4, -0.2) is 25.8 Å². The van der Waals surface area contributed by atoms with Crippen molar-refractivity contribution in [3.05, 3.63) is 40.3 Å². The van der Waals surface area contributed by atoms with Crippen molar-refractivity contribution < 1.29 is 8.42 Å². The van der Waals surface area contributed by atoms with Crippen molar-refractivity contribution in [3.63, 3.8) is 0 Å². The van der Waals surface area contributed by atoms with Crippen LogP contribution in [0.3, 0.4) is 0 Å². The Morgan fingerprint density at radius 1 is 1.18 bits per heavy atom. The summed E-state index contributed by atoms with van der Waals surface area (Å²) in [5, 5.41) is 1.86. The van der Waals surface area contributed by atoms with Crippen molar-refractivity contribution in [1.29, 1.82) is 0 Å². The zero-order chi connectivity index (χ0) is 12.9. The molecule has 1 aromatic rings. The monoisotopic (exact) mass is 273 g/mol. The van der Waals surface area contributed by atoms with Gasteiger partial charge >= 0.3 is 0 Å². The van der Waals surface area contributed by atoms with E-state index in [4.69, 9.17) is 11.6 Å². The van der Waals surface area contributed by atoms with Crippen LogP contribution in [0.4, 0.5) is 0 Å². The SMILES string of the molecule is CCN(CC)S(=O)(=O)/C=C\c1ccc(Cl)cc1. The van der Waals surface area contributed by atoms with Crippen LogP contribution in [0.25, 0.3) is 6.08 Å². The molecule has 0 N–H and O–H groups in total. The molecule has 0 spiro atoms. The highest BCUT2D eigenvalue weighted by atomic mass is 35.5. The maximum atomic E-state index is 11.8. The zero-order valence-corrected chi connectivity index (χ0v) is 11.5. The molecular formula is C12H16ClNO2S. The Balaban J connectivity index is 2.87. The highest BCUT2D eigenvalue weighted by Crippen LogP contribution is 2.12. The van der Waals surface area contributed by atoms with Crippen LogP contribution >= 0.6 is 11.6 Å². The Kier molecular flexibility index (Phi) is 5.18. The fourth-order valence-corrected chi connectivity index (χ4v) is 2.76. The average Bonchev–Trinajstić information content (AvgIpc) is 2.29. The number of halogens is 1. The molecule has 0 unspecified atom stereocenters. The third kappa shape index (κ3) is 4.15. The maximum absolute atomic E-state index is 11.8. The fourth-order valence-electron chi connectivity index (χ4n) is 1.41. The minimum absolute atomic E-state index is 0.476. The molecule has 0 fully saturated rings. The molecule has 0 aliphatic heterocycles. The number of benzene rings is 1. The molecule has 3 nitrogen and oxygen atoms in total. The summed E-state index contributed by atoms with van der Waals surface area (Å²) in [7, 11) is -3.31. The number of hydrogen-bond donors (Lipinski definition) is 0. The van der Waals surface area contributed by atoms with E-state index in [1.165, 1.54) is 9.71 Å². The molecule has 0 saturated heterocycles. The molecule has 5 heteroatoms. The number of sulfonamides is 1. The summed E-state index contributed by atoms with van der Waals surface area (Å²) in [6.07, 6.45) is 1.57. The van der Waals surface area contributed by atoms with Gasteiger partial charge in [0.15, 0.2) is 0 Å². The molecule has 0 bridgehead atoms. The lowest BCUT2D eigenvalue weighted by atomic mass is 10.2. The smallest absolute Gasteiger partial charge is 0.208 e. The zero-order valence-electron chi connectivity index (χ0n) is 9.93. The topological polar surface area (TPSA) is 37.4 Å². The van der Waals surface area contributed by atoms with E-state index in [1.807, 2.05) is 13.8 Å². The van der Waals surface area contributed by atoms with Crippen LogP contribution in [0.2, 0.25) is 5.02 Å². The second-order valence-corrected chi connectivity index (χ2v) is 5.74. The largest absolute Gasteiger partial charge is 0.236 e. The second kappa shape index (κ2) is 6.19. The van der Waals surface area contributed by atoms with E-state index in [9.17, 15) is 8.42 Å². The van der Waals surface area contributed by atoms with Crippen LogP contribution in [0.1, 0.15) is 19.4 Å². The second-order valence-electron chi connectivity index (χ2n) is 3.48. The molecule has 1 aromatic carbocycles. The Bertz CT molecular complexity index is 476. The molecule has 1 rings (SSSR count). The predicted octanol–water partition coefficient (Wildman–Crippen LogP) is 2.98. The van der Waals surface area contributed by atoms with Gasteiger partial charge < -0.3 is 0 Å². The first-order valence-electron chi connectivity index (χ1n) is 5.43. The van der Waals surface area contributed by atoms with Crippen LogP contribution in [0.15, 0.2) is 29.7 Å². The van der Waals surface area contributed by atoms with E-state index in [2.05, 4.69) is 0 Å². The van der Waals surface area contributed by atoms with Gasteiger partial charge in [-0.2, -0.15) is 4.31 Å². The minimum Gasteiger partial charge on any atom is -0.208 e. The number of hydrogen-bond acceptors (Lipinski definition) is 2. The Labute approximate surface area is 108 Å². The summed E-state index contributed by atoms with van der Waals surface area (Å²) in [6.45, 7) is 4.59. The molecule has 0 aliphatic carbocycles. The summed E-state index contributed by atoms with van der Waals surface area (Å²) < 4.78 is 25.1. The summed E-state index contributed by atoms with van der Waals surface area (Å²) in [4.78, 5) is 0. The van der Waals surface area contributed by atoms with Gasteiger partial charge in [-0.05, 0) is 23.8 Å². The summed E-state index contributed by atoms with van der Waals surface area (Å²) in [6, 6.07) is 7.00. The van der Waals surface area contributed by atoms with Gasteiger partial charge in [0.1, 0.15) is 0 Å². The molecule has 0 radical (unpaired) electrons. The van der Waals surface area contributed by atoms with Crippen molar-refractivity contribution in [2.75, 3.05) is 13.1 Å². The van der Waals surface area contributed by atoms with Gasteiger partial charge in [0.05, 0.1) is 0 Å². The molecule has 0 aromatic heterocycles. The van der Waals surface area contributed by atoms with Crippen LogP contribution in [0, 0.1) is 0 Å². The van der Waals surface area contributed by atoms with E-state index in [0.29, 0.717) is 18.1 Å². The predicted molar refractivity (Wildman–Crippen MR) is 72.3 cm³/mol. The molecule has 94 valence electrons. The van der Waals surface area contributed by atoms with Crippen molar-refractivity contribution in [3.8, 4) is 0 Å². The van der Waals surface area contributed by atoms with Crippen molar-refractivity contribution in [1.82, 2.24) is 4.31 Å². The highest BCUT2D eigenvalue weighted by Gasteiger charge is 2.14. The first kappa shape index (κ1) is 14.2. The molecule has 0 amide bonds. The molecule has 0 heterocycles. The van der Waals surface area contributed by atoms with Crippen LogP contribution in [0.5, 0.6) is 0 Å². The van der Waals surface area contributed by atoms with Gasteiger partial charge in [-0.1, -0.05) is 37.6 Å². The Morgan fingerprint density at radius 2 is 1.71 bits per heavy atom. The lowest BCUT2D eigenvalue weighted by Gasteiger charge is -2.15. The quantitative estimate of drug-likeness (QED) is 0.827. The third-order valence-corrected chi connectivity index (χ3v) is 4.34. The van der Waals surface area contributed by atoms with Gasteiger partial charge in [0.25, 0.3) is 0 Å². The minimum atomic E-state index is -3.31. The molecule has 0 saturated carbocycles. The van der Waals surface area contributed by atoms with E-state index in [1.54, 1.807) is 30.3 Å². The number of rotatable bonds is 5. The Hall–Kier alpha value is -0.840. The molecule has 0 aliphatic rings. The highest BCUT2D eigenvalue weighted by molar-refractivity contribution is 7.92. The lowest BCUT2D eigenvalue weighted by molar-refractivity contribution is 0.453. The van der Waals surface area contributed by atoms with E-state index < -0.39 is 10.0 Å². The summed E-state index contributed by atoms with van der Waals surface area (Å²) in [5.74, 6) is 0. The lowest BCUT2D eigenvalue weighted by Crippen LogP contribution is -2.28. The first-order chi connectivity index (χ1) is 7.99. The van der Waals surface area contributed by atoms with Crippen molar-refractivity contribution in [2.24, 2.45) is 0 Å². The fraction of sp³-hybridized carbons (Fsp3) is 0.333. The van der Waals surface area contributed by atoms with Crippen LogP contribution in [-0.2, 0) is 10.0 Å². The molecular weight excluding hydrogens is 258 g/mol. The first-order valence-corrected chi connectivity index (χ1v) is 7.31.